The first-order chi connectivity index (χ1) is 16.2. The first-order valence-electron chi connectivity index (χ1n) is 11.9. The monoisotopic (exact) mass is 469 g/mol. The van der Waals surface area contributed by atoms with Gasteiger partial charge in [0.15, 0.2) is 0 Å². The van der Waals surface area contributed by atoms with Crippen LogP contribution < -0.4 is 20.9 Å². The molecule has 184 valence electrons. The van der Waals surface area contributed by atoms with Gasteiger partial charge in [0.25, 0.3) is 5.56 Å². The van der Waals surface area contributed by atoms with Crippen molar-refractivity contribution >= 4 is 5.82 Å². The molecule has 0 saturated carbocycles. The number of nitrogens with zero attached hydrogens (tertiary/aromatic N) is 4. The first-order valence-corrected chi connectivity index (χ1v) is 11.9. The summed E-state index contributed by atoms with van der Waals surface area (Å²) < 4.78 is 7.67. The van der Waals surface area contributed by atoms with E-state index in [1.165, 1.54) is 6.07 Å². The lowest BCUT2D eigenvalue weighted by atomic mass is 10.0. The molecule has 0 spiro atoms. The second kappa shape index (κ2) is 11.4. The van der Waals surface area contributed by atoms with Crippen molar-refractivity contribution in [3.8, 4) is 11.8 Å². The SMILES string of the molecule is CCCCCn1c(N2CCN(CC(O)C(C)(C)Oc3ccc(C#N)cc3)CC2)cc(=O)[nH]c1=O. The molecule has 1 unspecified atom stereocenters. The fraction of sp³-hybridized carbons (Fsp3) is 0.560. The third-order valence-corrected chi connectivity index (χ3v) is 6.29. The van der Waals surface area contributed by atoms with Crippen LogP contribution in [0, 0.1) is 11.3 Å². The van der Waals surface area contributed by atoms with E-state index in [9.17, 15) is 14.7 Å². The Morgan fingerprint density at radius 1 is 1.15 bits per heavy atom. The number of piperazine rings is 1. The van der Waals surface area contributed by atoms with Crippen LogP contribution in [-0.4, -0.2) is 64.0 Å². The normalized spacial score (nSPS) is 15.7. The van der Waals surface area contributed by atoms with Gasteiger partial charge in [-0.05, 0) is 44.5 Å². The fourth-order valence-corrected chi connectivity index (χ4v) is 4.10. The molecule has 2 heterocycles. The quantitative estimate of drug-likeness (QED) is 0.511. The standard InChI is InChI=1S/C25H35N5O4/c1-4-5-6-11-30-23(16-22(32)27-24(30)33)29-14-12-28(13-15-29)18-21(31)25(2,3)34-20-9-7-19(17-26)8-10-20/h7-10,16,21,31H,4-6,11-15,18H2,1-3H3,(H,27,32,33). The second-order valence-electron chi connectivity index (χ2n) is 9.30. The molecular weight excluding hydrogens is 434 g/mol. The number of aromatic nitrogens is 2. The van der Waals surface area contributed by atoms with E-state index in [4.69, 9.17) is 10.00 Å². The van der Waals surface area contributed by atoms with Crippen LogP contribution in [-0.2, 0) is 6.54 Å². The summed E-state index contributed by atoms with van der Waals surface area (Å²) in [5, 5.41) is 19.8. The largest absolute Gasteiger partial charge is 0.485 e. The number of H-pyrrole nitrogens is 1. The van der Waals surface area contributed by atoms with E-state index in [1.807, 2.05) is 13.8 Å². The van der Waals surface area contributed by atoms with Crippen LogP contribution in [0.2, 0.25) is 0 Å². The number of nitrogens with one attached hydrogen (secondary N) is 1. The Morgan fingerprint density at radius 2 is 1.82 bits per heavy atom. The van der Waals surface area contributed by atoms with Crippen molar-refractivity contribution in [1.82, 2.24) is 14.5 Å². The summed E-state index contributed by atoms with van der Waals surface area (Å²) >= 11 is 0. The van der Waals surface area contributed by atoms with Gasteiger partial charge in [-0.3, -0.25) is 19.2 Å². The van der Waals surface area contributed by atoms with Crippen LogP contribution in [0.25, 0.3) is 0 Å². The van der Waals surface area contributed by atoms with E-state index in [0.717, 1.165) is 19.3 Å². The number of ether oxygens (including phenoxy) is 1. The molecular formula is C25H35N5O4. The van der Waals surface area contributed by atoms with Crippen LogP contribution in [0.15, 0.2) is 39.9 Å². The number of benzene rings is 1. The van der Waals surface area contributed by atoms with Gasteiger partial charge in [0.05, 0.1) is 11.6 Å². The third-order valence-electron chi connectivity index (χ3n) is 6.29. The molecule has 0 amide bonds. The Morgan fingerprint density at radius 3 is 2.44 bits per heavy atom. The first kappa shape index (κ1) is 25.5. The summed E-state index contributed by atoms with van der Waals surface area (Å²) in [6.45, 7) is 9.52. The van der Waals surface area contributed by atoms with Crippen molar-refractivity contribution in [3.05, 3.63) is 56.7 Å². The summed E-state index contributed by atoms with van der Waals surface area (Å²) in [4.78, 5) is 31.0. The van der Waals surface area contributed by atoms with Gasteiger partial charge < -0.3 is 14.7 Å². The highest BCUT2D eigenvalue weighted by atomic mass is 16.5. The molecule has 2 aromatic rings. The van der Waals surface area contributed by atoms with Crippen LogP contribution in [0.5, 0.6) is 5.75 Å². The summed E-state index contributed by atoms with van der Waals surface area (Å²) in [6.07, 6.45) is 2.23. The van der Waals surface area contributed by atoms with Crippen molar-refractivity contribution in [3.63, 3.8) is 0 Å². The molecule has 2 N–H and O–H groups in total. The highest BCUT2D eigenvalue weighted by Crippen LogP contribution is 2.23. The molecule has 1 saturated heterocycles. The molecule has 9 heteroatoms. The van der Waals surface area contributed by atoms with Gasteiger partial charge in [-0.15, -0.1) is 0 Å². The van der Waals surface area contributed by atoms with Crippen LogP contribution in [0.1, 0.15) is 45.6 Å². The van der Waals surface area contributed by atoms with E-state index in [1.54, 1.807) is 28.8 Å². The van der Waals surface area contributed by atoms with Crippen molar-refractivity contribution in [2.24, 2.45) is 0 Å². The van der Waals surface area contributed by atoms with Gasteiger partial charge in [0.2, 0.25) is 0 Å². The van der Waals surface area contributed by atoms with Gasteiger partial charge in [-0.1, -0.05) is 19.8 Å². The van der Waals surface area contributed by atoms with Crippen molar-refractivity contribution in [2.45, 2.75) is 58.3 Å². The molecule has 9 nitrogen and oxygen atoms in total. The summed E-state index contributed by atoms with van der Waals surface area (Å²) in [5.41, 5.74) is -1.01. The number of unbranched alkanes of at least 4 members (excludes halogenated alkanes) is 2. The van der Waals surface area contributed by atoms with Gasteiger partial charge in [0.1, 0.15) is 23.3 Å². The Labute approximate surface area is 200 Å². The zero-order valence-corrected chi connectivity index (χ0v) is 20.3. The molecule has 1 aromatic carbocycles. The zero-order valence-electron chi connectivity index (χ0n) is 20.3. The van der Waals surface area contributed by atoms with Gasteiger partial charge in [0, 0.05) is 45.3 Å². The minimum absolute atomic E-state index is 0.363. The number of rotatable bonds is 10. The Balaban J connectivity index is 1.60. The van der Waals surface area contributed by atoms with Gasteiger partial charge in [-0.2, -0.15) is 5.26 Å². The summed E-state index contributed by atoms with van der Waals surface area (Å²) in [5.74, 6) is 1.26. The average molecular weight is 470 g/mol. The average Bonchev–Trinajstić information content (AvgIpc) is 2.81. The van der Waals surface area contributed by atoms with Gasteiger partial charge >= 0.3 is 5.69 Å². The molecule has 1 aromatic heterocycles. The lowest BCUT2D eigenvalue weighted by Crippen LogP contribution is -2.54. The number of hydrogen-bond acceptors (Lipinski definition) is 7. The fourth-order valence-electron chi connectivity index (χ4n) is 4.10. The van der Waals surface area contributed by atoms with Crippen molar-refractivity contribution in [1.29, 1.82) is 5.26 Å². The van der Waals surface area contributed by atoms with Crippen LogP contribution in [0.4, 0.5) is 5.82 Å². The molecule has 34 heavy (non-hydrogen) atoms. The Hall–Kier alpha value is -3.09. The minimum Gasteiger partial charge on any atom is -0.485 e. The molecule has 0 bridgehead atoms. The number of nitriles is 1. The highest BCUT2D eigenvalue weighted by molar-refractivity contribution is 5.39. The lowest BCUT2D eigenvalue weighted by molar-refractivity contribution is -0.0449. The van der Waals surface area contributed by atoms with E-state index in [-0.39, 0.29) is 11.2 Å². The predicted molar refractivity (Wildman–Crippen MR) is 131 cm³/mol. The molecule has 1 aliphatic rings. The smallest absolute Gasteiger partial charge is 0.329 e. The van der Waals surface area contributed by atoms with E-state index >= 15 is 0 Å². The van der Waals surface area contributed by atoms with E-state index in [0.29, 0.717) is 56.4 Å². The number of anilines is 1. The summed E-state index contributed by atoms with van der Waals surface area (Å²) in [6, 6.07) is 10.4. The number of aliphatic hydroxyl groups excluding tert-OH is 1. The maximum Gasteiger partial charge on any atom is 0.329 e. The number of aliphatic hydroxyl groups is 1. The molecule has 3 rings (SSSR count). The Kier molecular flexibility index (Phi) is 8.53. The van der Waals surface area contributed by atoms with Crippen molar-refractivity contribution < 1.29 is 9.84 Å². The van der Waals surface area contributed by atoms with E-state index in [2.05, 4.69) is 27.8 Å². The maximum absolute atomic E-state index is 12.4. The maximum atomic E-state index is 12.4. The number of aromatic amines is 1. The predicted octanol–water partition coefficient (Wildman–Crippen LogP) is 1.94. The number of β-amino-alcohol motifs (C(OH)–C–C–N with tert-alkyl or cyclic N) is 1. The zero-order chi connectivity index (χ0) is 24.7. The molecule has 1 atom stereocenters. The van der Waals surface area contributed by atoms with Crippen LogP contribution >= 0.6 is 0 Å². The van der Waals surface area contributed by atoms with Gasteiger partial charge in [-0.25, -0.2) is 4.79 Å². The van der Waals surface area contributed by atoms with E-state index < -0.39 is 11.7 Å². The molecule has 1 aliphatic heterocycles. The third kappa shape index (κ3) is 6.49. The summed E-state index contributed by atoms with van der Waals surface area (Å²) in [7, 11) is 0. The Bertz CT molecular complexity index is 1090. The minimum atomic E-state index is -0.822. The van der Waals surface area contributed by atoms with Crippen LogP contribution in [0.3, 0.4) is 0 Å². The number of hydrogen-bond donors (Lipinski definition) is 2. The molecule has 0 radical (unpaired) electrons. The molecule has 0 aliphatic carbocycles. The highest BCUT2D eigenvalue weighted by Gasteiger charge is 2.33. The lowest BCUT2D eigenvalue weighted by Gasteiger charge is -2.40. The van der Waals surface area contributed by atoms with Crippen molar-refractivity contribution in [2.75, 3.05) is 37.6 Å². The molecule has 1 fully saturated rings. The topological polar surface area (TPSA) is 115 Å². The second-order valence-corrected chi connectivity index (χ2v) is 9.30.